The first-order chi connectivity index (χ1) is 10.0. The van der Waals surface area contributed by atoms with E-state index >= 15 is 0 Å². The van der Waals surface area contributed by atoms with Crippen LogP contribution in [0.15, 0.2) is 42.5 Å². The summed E-state index contributed by atoms with van der Waals surface area (Å²) in [4.78, 5) is 23.9. The van der Waals surface area contributed by atoms with Crippen LogP contribution < -0.4 is 11.1 Å². The molecule has 0 atom stereocenters. The molecule has 0 aliphatic carbocycles. The van der Waals surface area contributed by atoms with Crippen molar-refractivity contribution in [1.29, 1.82) is 0 Å². The molecule has 0 unspecified atom stereocenters. The van der Waals surface area contributed by atoms with Gasteiger partial charge in [-0.2, -0.15) is 0 Å². The monoisotopic (exact) mass is 304 g/mol. The van der Waals surface area contributed by atoms with Gasteiger partial charge < -0.3 is 15.8 Å². The number of amides is 1. The summed E-state index contributed by atoms with van der Waals surface area (Å²) in [6, 6.07) is 11.1. The summed E-state index contributed by atoms with van der Waals surface area (Å²) in [7, 11) is 1.28. The Kier molecular flexibility index (Phi) is 4.45. The molecule has 0 aliphatic rings. The number of ether oxygens (including phenoxy) is 1. The molecule has 2 rings (SSSR count). The van der Waals surface area contributed by atoms with Crippen molar-refractivity contribution in [3.8, 4) is 0 Å². The SMILES string of the molecule is COC(=O)c1ccccc1NC(=O)c1cc(N)cc(Cl)c1. The maximum atomic E-state index is 12.2. The van der Waals surface area contributed by atoms with Gasteiger partial charge in [-0.25, -0.2) is 4.79 Å². The largest absolute Gasteiger partial charge is 0.465 e. The van der Waals surface area contributed by atoms with E-state index in [1.807, 2.05) is 0 Å². The van der Waals surface area contributed by atoms with Gasteiger partial charge in [0.15, 0.2) is 0 Å². The molecule has 5 nitrogen and oxygen atoms in total. The second-order valence-electron chi connectivity index (χ2n) is 4.26. The lowest BCUT2D eigenvalue weighted by Crippen LogP contribution is -2.15. The van der Waals surface area contributed by atoms with Crippen molar-refractivity contribution >= 4 is 34.9 Å². The Morgan fingerprint density at radius 2 is 1.90 bits per heavy atom. The van der Waals surface area contributed by atoms with Crippen molar-refractivity contribution in [2.45, 2.75) is 0 Å². The average molecular weight is 305 g/mol. The Bertz CT molecular complexity index is 681. The Morgan fingerprint density at radius 3 is 2.57 bits per heavy atom. The van der Waals surface area contributed by atoms with Crippen LogP contribution >= 0.6 is 11.6 Å². The van der Waals surface area contributed by atoms with Crippen LogP contribution in [0.1, 0.15) is 20.7 Å². The summed E-state index contributed by atoms with van der Waals surface area (Å²) in [6.07, 6.45) is 0. The van der Waals surface area contributed by atoms with Crippen LogP contribution in [0.2, 0.25) is 5.02 Å². The van der Waals surface area contributed by atoms with Gasteiger partial charge in [0.05, 0.1) is 18.4 Å². The molecule has 0 radical (unpaired) electrons. The first-order valence-corrected chi connectivity index (χ1v) is 6.44. The topological polar surface area (TPSA) is 81.4 Å². The van der Waals surface area contributed by atoms with E-state index in [1.165, 1.54) is 19.2 Å². The van der Waals surface area contributed by atoms with E-state index in [4.69, 9.17) is 17.3 Å². The van der Waals surface area contributed by atoms with E-state index in [-0.39, 0.29) is 5.56 Å². The van der Waals surface area contributed by atoms with Crippen LogP contribution in [0.25, 0.3) is 0 Å². The van der Waals surface area contributed by atoms with Crippen LogP contribution in [-0.4, -0.2) is 19.0 Å². The van der Waals surface area contributed by atoms with Crippen molar-refractivity contribution < 1.29 is 14.3 Å². The fourth-order valence-corrected chi connectivity index (χ4v) is 2.06. The minimum atomic E-state index is -0.531. The zero-order chi connectivity index (χ0) is 15.4. The molecule has 0 aromatic heterocycles. The molecule has 1 amide bonds. The molecule has 108 valence electrons. The summed E-state index contributed by atoms with van der Waals surface area (Å²) in [5.74, 6) is -0.947. The number of anilines is 2. The highest BCUT2D eigenvalue weighted by Gasteiger charge is 2.14. The number of carbonyl (C=O) groups excluding carboxylic acids is 2. The van der Waals surface area contributed by atoms with Crippen LogP contribution in [0.3, 0.4) is 0 Å². The normalized spacial score (nSPS) is 10.0. The van der Waals surface area contributed by atoms with Gasteiger partial charge in [0.2, 0.25) is 0 Å². The summed E-state index contributed by atoms with van der Waals surface area (Å²) in [5.41, 5.74) is 6.96. The zero-order valence-corrected chi connectivity index (χ0v) is 12.0. The third-order valence-corrected chi connectivity index (χ3v) is 2.98. The highest BCUT2D eigenvalue weighted by Crippen LogP contribution is 2.20. The lowest BCUT2D eigenvalue weighted by atomic mass is 10.1. The van der Waals surface area contributed by atoms with Gasteiger partial charge in [-0.15, -0.1) is 0 Å². The number of halogens is 1. The predicted molar refractivity (Wildman–Crippen MR) is 81.6 cm³/mol. The molecule has 0 heterocycles. The predicted octanol–water partition coefficient (Wildman–Crippen LogP) is 2.96. The van der Waals surface area contributed by atoms with E-state index in [1.54, 1.807) is 30.3 Å². The Labute approximate surface area is 126 Å². The van der Waals surface area contributed by atoms with Crippen LogP contribution in [-0.2, 0) is 4.74 Å². The fourth-order valence-electron chi connectivity index (χ4n) is 1.82. The number of para-hydroxylation sites is 1. The molecule has 2 aromatic rings. The molecule has 2 aromatic carbocycles. The lowest BCUT2D eigenvalue weighted by Gasteiger charge is -2.10. The lowest BCUT2D eigenvalue weighted by molar-refractivity contribution is 0.0602. The number of benzene rings is 2. The standard InChI is InChI=1S/C15H13ClN2O3/c1-21-15(20)12-4-2-3-5-13(12)18-14(19)9-6-10(16)8-11(17)7-9/h2-8H,17H2,1H3,(H,18,19). The highest BCUT2D eigenvalue weighted by molar-refractivity contribution is 6.31. The number of hydrogen-bond donors (Lipinski definition) is 2. The smallest absolute Gasteiger partial charge is 0.339 e. The van der Waals surface area contributed by atoms with Gasteiger partial charge >= 0.3 is 5.97 Å². The van der Waals surface area contributed by atoms with E-state index < -0.39 is 11.9 Å². The number of carbonyl (C=O) groups is 2. The molecule has 21 heavy (non-hydrogen) atoms. The van der Waals surface area contributed by atoms with Crippen molar-refractivity contribution in [3.63, 3.8) is 0 Å². The van der Waals surface area contributed by atoms with E-state index in [0.29, 0.717) is 22.0 Å². The number of methoxy groups -OCH3 is 1. The second-order valence-corrected chi connectivity index (χ2v) is 4.70. The summed E-state index contributed by atoms with van der Waals surface area (Å²) < 4.78 is 4.67. The van der Waals surface area contributed by atoms with Gasteiger partial charge in [0.25, 0.3) is 5.91 Å². The number of nitrogens with two attached hydrogens (primary N) is 1. The number of hydrogen-bond acceptors (Lipinski definition) is 4. The fraction of sp³-hybridized carbons (Fsp3) is 0.0667. The van der Waals surface area contributed by atoms with Gasteiger partial charge in [-0.3, -0.25) is 4.79 Å². The van der Waals surface area contributed by atoms with Crippen molar-refractivity contribution in [1.82, 2.24) is 0 Å². The first kappa shape index (κ1) is 14.9. The number of nitrogen functional groups attached to an aromatic ring is 1. The molecule has 0 aliphatic heterocycles. The Balaban J connectivity index is 2.30. The highest BCUT2D eigenvalue weighted by atomic mass is 35.5. The van der Waals surface area contributed by atoms with E-state index in [9.17, 15) is 9.59 Å². The minimum Gasteiger partial charge on any atom is -0.465 e. The quantitative estimate of drug-likeness (QED) is 0.674. The number of rotatable bonds is 3. The Morgan fingerprint density at radius 1 is 1.19 bits per heavy atom. The molecule has 6 heteroatoms. The second kappa shape index (κ2) is 6.28. The van der Waals surface area contributed by atoms with Gasteiger partial charge in [0, 0.05) is 16.3 Å². The zero-order valence-electron chi connectivity index (χ0n) is 11.2. The maximum Gasteiger partial charge on any atom is 0.339 e. The minimum absolute atomic E-state index is 0.267. The first-order valence-electron chi connectivity index (χ1n) is 6.06. The molecule has 0 saturated carbocycles. The molecule has 0 bridgehead atoms. The molecular formula is C15H13ClN2O3. The van der Waals surface area contributed by atoms with E-state index in [0.717, 1.165) is 0 Å². The number of nitrogens with one attached hydrogen (secondary N) is 1. The van der Waals surface area contributed by atoms with Crippen molar-refractivity contribution in [2.24, 2.45) is 0 Å². The molecule has 3 N–H and O–H groups in total. The van der Waals surface area contributed by atoms with Crippen molar-refractivity contribution in [2.75, 3.05) is 18.2 Å². The van der Waals surface area contributed by atoms with Gasteiger partial charge in [-0.05, 0) is 30.3 Å². The number of esters is 1. The van der Waals surface area contributed by atoms with Gasteiger partial charge in [-0.1, -0.05) is 23.7 Å². The van der Waals surface area contributed by atoms with Crippen LogP contribution in [0.5, 0.6) is 0 Å². The molecule has 0 spiro atoms. The maximum absolute atomic E-state index is 12.2. The summed E-state index contributed by atoms with van der Waals surface area (Å²) >= 11 is 5.87. The van der Waals surface area contributed by atoms with Crippen LogP contribution in [0.4, 0.5) is 11.4 Å². The van der Waals surface area contributed by atoms with Gasteiger partial charge in [0.1, 0.15) is 0 Å². The average Bonchev–Trinajstić information content (AvgIpc) is 2.46. The summed E-state index contributed by atoms with van der Waals surface area (Å²) in [5, 5.41) is 3.00. The third-order valence-electron chi connectivity index (χ3n) is 2.76. The van der Waals surface area contributed by atoms with Crippen molar-refractivity contribution in [3.05, 3.63) is 58.6 Å². The van der Waals surface area contributed by atoms with E-state index in [2.05, 4.69) is 10.1 Å². The summed E-state index contributed by atoms with van der Waals surface area (Å²) in [6.45, 7) is 0. The molecule has 0 fully saturated rings. The molecule has 0 saturated heterocycles. The molecular weight excluding hydrogens is 292 g/mol. The third kappa shape index (κ3) is 3.52. The Hall–Kier alpha value is -2.53. The van der Waals surface area contributed by atoms with Crippen LogP contribution in [0, 0.1) is 0 Å².